The van der Waals surface area contributed by atoms with Gasteiger partial charge < -0.3 is 9.64 Å². The number of aromatic nitrogens is 2. The van der Waals surface area contributed by atoms with Crippen LogP contribution in [-0.2, 0) is 4.74 Å². The van der Waals surface area contributed by atoms with E-state index >= 15 is 0 Å². The first-order valence-electron chi connectivity index (χ1n) is 7.85. The first-order chi connectivity index (χ1) is 10.7. The number of amides is 1. The number of piperidine rings is 1. The van der Waals surface area contributed by atoms with Gasteiger partial charge in [-0.2, -0.15) is 0 Å². The number of likely N-dealkylation sites (tertiary alicyclic amines) is 1. The summed E-state index contributed by atoms with van der Waals surface area (Å²) in [6.45, 7) is 9.07. The van der Waals surface area contributed by atoms with Crippen molar-refractivity contribution in [1.29, 1.82) is 0 Å². The highest BCUT2D eigenvalue weighted by Gasteiger charge is 2.27. The van der Waals surface area contributed by atoms with E-state index in [2.05, 4.69) is 9.97 Å². The number of nitrogens with zero attached hydrogens (tertiary/aromatic N) is 3. The van der Waals surface area contributed by atoms with Crippen LogP contribution in [-0.4, -0.2) is 45.4 Å². The van der Waals surface area contributed by atoms with Crippen molar-refractivity contribution >= 4 is 29.5 Å². The maximum absolute atomic E-state index is 12.2. The van der Waals surface area contributed by atoms with Crippen LogP contribution in [0.3, 0.4) is 0 Å². The molecule has 1 fully saturated rings. The minimum atomic E-state index is -0.453. The first-order valence-corrected chi connectivity index (χ1v) is 9.21. The molecule has 1 aliphatic rings. The molecule has 2 rings (SSSR count). The Balaban J connectivity index is 1.87. The minimum Gasteiger partial charge on any atom is -0.444 e. The van der Waals surface area contributed by atoms with Crippen LogP contribution in [0.2, 0.25) is 5.15 Å². The lowest BCUT2D eigenvalue weighted by molar-refractivity contribution is 0.0177. The van der Waals surface area contributed by atoms with E-state index in [1.54, 1.807) is 17.8 Å². The molecule has 1 saturated heterocycles. The van der Waals surface area contributed by atoms with Crippen LogP contribution in [0.1, 0.15) is 39.3 Å². The van der Waals surface area contributed by atoms with Crippen molar-refractivity contribution in [3.8, 4) is 0 Å². The Hall–Kier alpha value is -1.01. The lowest BCUT2D eigenvalue weighted by atomic mass is 10.0. The Bertz CT molecular complexity index is 542. The molecule has 0 aromatic carbocycles. The van der Waals surface area contributed by atoms with Crippen molar-refractivity contribution in [3.63, 3.8) is 0 Å². The fourth-order valence-electron chi connectivity index (χ4n) is 2.45. The van der Waals surface area contributed by atoms with E-state index in [0.29, 0.717) is 16.2 Å². The summed E-state index contributed by atoms with van der Waals surface area (Å²) >= 11 is 7.56. The zero-order valence-electron chi connectivity index (χ0n) is 14.1. The van der Waals surface area contributed by atoms with Crippen LogP contribution in [0.5, 0.6) is 0 Å². The van der Waals surface area contributed by atoms with Gasteiger partial charge in [0.05, 0.1) is 0 Å². The predicted molar refractivity (Wildman–Crippen MR) is 93.0 cm³/mol. The molecule has 2 heterocycles. The fourth-order valence-corrected chi connectivity index (χ4v) is 3.77. The van der Waals surface area contributed by atoms with E-state index in [-0.39, 0.29) is 6.09 Å². The molecule has 0 spiro atoms. The molecular weight excluding hydrogens is 334 g/mol. The summed E-state index contributed by atoms with van der Waals surface area (Å²) < 4.78 is 5.46. The molecule has 5 nitrogen and oxygen atoms in total. The number of thioether (sulfide) groups is 1. The van der Waals surface area contributed by atoms with E-state index in [9.17, 15) is 4.79 Å². The zero-order chi connectivity index (χ0) is 17.0. The molecule has 1 aromatic rings. The normalized spacial score (nSPS) is 18.8. The molecule has 128 valence electrons. The average molecular weight is 358 g/mol. The molecule has 1 atom stereocenters. The molecule has 0 N–H and O–H groups in total. The van der Waals surface area contributed by atoms with Crippen molar-refractivity contribution in [1.82, 2.24) is 14.9 Å². The third kappa shape index (κ3) is 6.18. The van der Waals surface area contributed by atoms with E-state index in [1.807, 2.05) is 32.6 Å². The van der Waals surface area contributed by atoms with Crippen molar-refractivity contribution < 1.29 is 9.53 Å². The number of halogens is 1. The number of ether oxygens (including phenoxy) is 1. The Morgan fingerprint density at radius 2 is 2.22 bits per heavy atom. The SMILES string of the molecule is Cc1cc(Cl)nc(SC[C@H]2CCCN(C(=O)OC(C)(C)C)C2)n1. The summed E-state index contributed by atoms with van der Waals surface area (Å²) in [5.41, 5.74) is 0.414. The molecule has 23 heavy (non-hydrogen) atoms. The molecule has 1 aliphatic heterocycles. The van der Waals surface area contributed by atoms with Crippen molar-refractivity contribution in [2.24, 2.45) is 5.92 Å². The number of hydrogen-bond acceptors (Lipinski definition) is 5. The summed E-state index contributed by atoms with van der Waals surface area (Å²) in [6, 6.07) is 1.75. The van der Waals surface area contributed by atoms with Gasteiger partial charge in [-0.25, -0.2) is 14.8 Å². The van der Waals surface area contributed by atoms with Crippen molar-refractivity contribution in [2.75, 3.05) is 18.8 Å². The van der Waals surface area contributed by atoms with Crippen LogP contribution < -0.4 is 0 Å². The summed E-state index contributed by atoms with van der Waals surface area (Å²) in [5.74, 6) is 1.29. The maximum Gasteiger partial charge on any atom is 0.410 e. The Morgan fingerprint density at radius 1 is 1.48 bits per heavy atom. The molecule has 1 aromatic heterocycles. The first kappa shape index (κ1) is 18.3. The third-order valence-electron chi connectivity index (χ3n) is 3.42. The standard InChI is InChI=1S/C16H24ClN3O2S/c1-11-8-13(17)19-14(18-11)23-10-12-6-5-7-20(9-12)15(21)22-16(2,3)4/h8,12H,5-7,9-10H2,1-4H3/t12-/m0/s1. The highest BCUT2D eigenvalue weighted by Crippen LogP contribution is 2.25. The van der Waals surface area contributed by atoms with Crippen LogP contribution in [0.15, 0.2) is 11.2 Å². The van der Waals surface area contributed by atoms with Gasteiger partial charge in [0.1, 0.15) is 10.8 Å². The fraction of sp³-hybridized carbons (Fsp3) is 0.688. The smallest absolute Gasteiger partial charge is 0.410 e. The van der Waals surface area contributed by atoms with Crippen LogP contribution >= 0.6 is 23.4 Å². The lowest BCUT2D eigenvalue weighted by Gasteiger charge is -2.33. The van der Waals surface area contributed by atoms with E-state index < -0.39 is 5.60 Å². The number of carbonyl (C=O) groups is 1. The highest BCUT2D eigenvalue weighted by molar-refractivity contribution is 7.99. The topological polar surface area (TPSA) is 55.3 Å². The van der Waals surface area contributed by atoms with Gasteiger partial charge in [0.25, 0.3) is 0 Å². The van der Waals surface area contributed by atoms with E-state index in [4.69, 9.17) is 16.3 Å². The maximum atomic E-state index is 12.2. The highest BCUT2D eigenvalue weighted by atomic mass is 35.5. The molecular formula is C16H24ClN3O2S. The second-order valence-corrected chi connectivity index (χ2v) is 8.23. The van der Waals surface area contributed by atoms with Crippen LogP contribution in [0, 0.1) is 12.8 Å². The molecule has 0 bridgehead atoms. The third-order valence-corrected chi connectivity index (χ3v) is 4.69. The monoisotopic (exact) mass is 357 g/mol. The van der Waals surface area contributed by atoms with Gasteiger partial charge in [-0.15, -0.1) is 0 Å². The largest absolute Gasteiger partial charge is 0.444 e. The van der Waals surface area contributed by atoms with Gasteiger partial charge in [-0.05, 0) is 52.5 Å². The Kier molecular flexibility index (Phi) is 6.14. The van der Waals surface area contributed by atoms with Crippen molar-refractivity contribution in [2.45, 2.75) is 51.3 Å². The van der Waals surface area contributed by atoms with Gasteiger partial charge in [-0.1, -0.05) is 23.4 Å². The number of aryl methyl sites for hydroxylation is 1. The predicted octanol–water partition coefficient (Wildman–Crippen LogP) is 4.18. The van der Waals surface area contributed by atoms with Crippen LogP contribution in [0.4, 0.5) is 4.79 Å². The quantitative estimate of drug-likeness (QED) is 0.461. The second kappa shape index (κ2) is 7.71. The second-order valence-electron chi connectivity index (χ2n) is 6.86. The minimum absolute atomic E-state index is 0.220. The zero-order valence-corrected chi connectivity index (χ0v) is 15.7. The van der Waals surface area contributed by atoms with Crippen LogP contribution in [0.25, 0.3) is 0 Å². The summed E-state index contributed by atoms with van der Waals surface area (Å²) in [7, 11) is 0. The Labute approximate surface area is 147 Å². The van der Waals surface area contributed by atoms with E-state index in [1.165, 1.54) is 0 Å². The summed E-state index contributed by atoms with van der Waals surface area (Å²) in [5, 5.41) is 1.17. The molecule has 0 saturated carbocycles. The Morgan fingerprint density at radius 3 is 2.87 bits per heavy atom. The molecule has 7 heteroatoms. The van der Waals surface area contributed by atoms with E-state index in [0.717, 1.165) is 37.4 Å². The molecule has 0 radical (unpaired) electrons. The lowest BCUT2D eigenvalue weighted by Crippen LogP contribution is -2.43. The molecule has 0 unspecified atom stereocenters. The number of carbonyl (C=O) groups excluding carboxylic acids is 1. The van der Waals surface area contributed by atoms with Gasteiger partial charge in [0.2, 0.25) is 0 Å². The van der Waals surface area contributed by atoms with Gasteiger partial charge in [0.15, 0.2) is 5.16 Å². The number of rotatable bonds is 3. The van der Waals surface area contributed by atoms with Gasteiger partial charge in [-0.3, -0.25) is 0 Å². The van der Waals surface area contributed by atoms with Crippen molar-refractivity contribution in [3.05, 3.63) is 16.9 Å². The summed E-state index contributed by atoms with van der Waals surface area (Å²) in [6.07, 6.45) is 1.88. The number of hydrogen-bond donors (Lipinski definition) is 0. The summed E-state index contributed by atoms with van der Waals surface area (Å²) in [4.78, 5) is 22.6. The average Bonchev–Trinajstić information content (AvgIpc) is 2.43. The van der Waals surface area contributed by atoms with Gasteiger partial charge >= 0.3 is 6.09 Å². The molecule has 0 aliphatic carbocycles. The molecule has 1 amide bonds. The van der Waals surface area contributed by atoms with Gasteiger partial charge in [0, 0.05) is 24.5 Å².